The fourth-order valence-electron chi connectivity index (χ4n) is 2.35. The monoisotopic (exact) mass is 300 g/mol. The van der Waals surface area contributed by atoms with E-state index < -0.39 is 28.4 Å². The van der Waals surface area contributed by atoms with Gasteiger partial charge in [-0.3, -0.25) is 0 Å². The number of carboxylic acid groups (broad SMARTS) is 1. The molecule has 1 fully saturated rings. The summed E-state index contributed by atoms with van der Waals surface area (Å²) in [5.74, 6) is -1.72. The lowest BCUT2D eigenvalue weighted by atomic mass is 10.0. The van der Waals surface area contributed by atoms with Crippen LogP contribution in [0.2, 0.25) is 0 Å². The van der Waals surface area contributed by atoms with Crippen molar-refractivity contribution in [2.24, 2.45) is 18.1 Å². The smallest absolute Gasteiger partial charge is 0.354 e. The molecule has 0 spiro atoms. The Morgan fingerprint density at radius 1 is 1.60 bits per heavy atom. The zero-order valence-electron chi connectivity index (χ0n) is 10.5. The largest absolute Gasteiger partial charge is 0.591 e. The molecule has 3 heterocycles. The molecule has 2 aliphatic rings. The van der Waals surface area contributed by atoms with E-state index in [1.807, 2.05) is 0 Å². The molecule has 0 aromatic carbocycles. The molecule has 1 aromatic rings. The summed E-state index contributed by atoms with van der Waals surface area (Å²) in [6, 6.07) is 0. The lowest BCUT2D eigenvalue weighted by Crippen LogP contribution is -2.36. The highest BCUT2D eigenvalue weighted by molar-refractivity contribution is 7.95. The minimum absolute atomic E-state index is 0.0364. The van der Waals surface area contributed by atoms with Crippen molar-refractivity contribution in [1.82, 2.24) is 13.9 Å². The second kappa shape index (κ2) is 4.36. The average Bonchev–Trinajstić information content (AvgIpc) is 3.01. The molecule has 2 aliphatic heterocycles. The standard InChI is InChI=1S/C10H12N4O5S/c1-13-4-8(11-5-13)20(17,18)14-2-6-7(3-14)19-12-9(6)10(15)16/h4-7H,2-3H2,1H3,(H-,15,16,17,18). The van der Waals surface area contributed by atoms with Gasteiger partial charge in [-0.25, -0.2) is 4.79 Å². The fourth-order valence-corrected chi connectivity index (χ4v) is 3.79. The molecule has 0 aliphatic carbocycles. The molecule has 0 saturated carbocycles. The number of sulfonamides is 1. The Morgan fingerprint density at radius 2 is 2.35 bits per heavy atom. The van der Waals surface area contributed by atoms with Crippen molar-refractivity contribution in [2.45, 2.75) is 11.1 Å². The van der Waals surface area contributed by atoms with E-state index in [4.69, 9.17) is 9.94 Å². The van der Waals surface area contributed by atoms with Crippen LogP contribution < -0.4 is 0 Å². The number of fused-ring (bicyclic) bond motifs is 1. The number of hydrogen-bond donors (Lipinski definition) is 1. The van der Waals surface area contributed by atoms with Gasteiger partial charge in [0.2, 0.25) is 0 Å². The molecule has 0 amide bonds. The minimum Gasteiger partial charge on any atom is -0.591 e. The first-order chi connectivity index (χ1) is 9.39. The molecule has 9 nitrogen and oxygen atoms in total. The number of oxime groups is 1. The van der Waals surface area contributed by atoms with Crippen molar-refractivity contribution in [3.8, 4) is 0 Å². The lowest BCUT2D eigenvalue weighted by Gasteiger charge is -2.21. The Hall–Kier alpha value is -1.78. The maximum atomic E-state index is 12.4. The van der Waals surface area contributed by atoms with Crippen LogP contribution in [-0.4, -0.2) is 54.4 Å². The Bertz CT molecular complexity index is 641. The molecule has 3 unspecified atom stereocenters. The van der Waals surface area contributed by atoms with Gasteiger partial charge in [0.1, 0.15) is 0 Å². The number of aromatic nitrogens is 2. The zero-order chi connectivity index (χ0) is 14.5. The predicted octanol–water partition coefficient (Wildman–Crippen LogP) is -0.905. The van der Waals surface area contributed by atoms with Gasteiger partial charge < -0.3 is 19.1 Å². The van der Waals surface area contributed by atoms with Crippen LogP contribution >= 0.6 is 0 Å². The Balaban J connectivity index is 1.83. The number of carbonyl (C=O) groups is 1. The van der Waals surface area contributed by atoms with Gasteiger partial charge in [0.15, 0.2) is 22.2 Å². The van der Waals surface area contributed by atoms with Crippen LogP contribution in [0.4, 0.5) is 0 Å². The number of rotatable bonds is 3. The molecule has 1 aromatic heterocycles. The predicted molar refractivity (Wildman–Crippen MR) is 65.3 cm³/mol. The summed E-state index contributed by atoms with van der Waals surface area (Å²) < 4.78 is 27.4. The van der Waals surface area contributed by atoms with Crippen LogP contribution in [0.3, 0.4) is 0 Å². The van der Waals surface area contributed by atoms with Crippen molar-refractivity contribution in [1.29, 1.82) is 0 Å². The number of carboxylic acids is 1. The number of aryl methyl sites for hydroxylation is 1. The molecule has 3 atom stereocenters. The molecule has 0 radical (unpaired) electrons. The molecule has 10 heteroatoms. The SMILES string of the molecule is Cn1cnc([S+](=O)([O-])N2CC3ON=C(C(=O)O)C3C2)c1. The van der Waals surface area contributed by atoms with Crippen LogP contribution in [0.5, 0.6) is 0 Å². The number of imidazole rings is 1. The van der Waals surface area contributed by atoms with Gasteiger partial charge in [-0.1, -0.05) is 9.36 Å². The molecule has 20 heavy (non-hydrogen) atoms. The third-order valence-corrected chi connectivity index (χ3v) is 5.09. The molecule has 0 bridgehead atoms. The van der Waals surface area contributed by atoms with E-state index in [1.165, 1.54) is 21.4 Å². The van der Waals surface area contributed by atoms with Gasteiger partial charge >= 0.3 is 5.97 Å². The van der Waals surface area contributed by atoms with Gasteiger partial charge in [0, 0.05) is 7.05 Å². The van der Waals surface area contributed by atoms with E-state index in [9.17, 15) is 13.6 Å². The quantitative estimate of drug-likeness (QED) is 0.722. The Labute approximate surface area is 115 Å². The van der Waals surface area contributed by atoms with Gasteiger partial charge in [-0.05, 0) is 0 Å². The van der Waals surface area contributed by atoms with Crippen molar-refractivity contribution in [3.63, 3.8) is 0 Å². The summed E-state index contributed by atoms with van der Waals surface area (Å²) in [6.07, 6.45) is 2.25. The van der Waals surface area contributed by atoms with Crippen LogP contribution in [0.25, 0.3) is 0 Å². The summed E-state index contributed by atoms with van der Waals surface area (Å²) in [5.41, 5.74) is -0.131. The highest BCUT2D eigenvalue weighted by Gasteiger charge is 2.51. The molecule has 1 N–H and O–H groups in total. The van der Waals surface area contributed by atoms with Gasteiger partial charge in [-0.15, -0.1) is 4.31 Å². The minimum atomic E-state index is -3.74. The molecular formula is C10H12N4O5S. The van der Waals surface area contributed by atoms with Crippen molar-refractivity contribution in [2.75, 3.05) is 13.1 Å². The molecule has 3 rings (SSSR count). The van der Waals surface area contributed by atoms with Crippen LogP contribution in [-0.2, 0) is 31.3 Å². The normalized spacial score (nSPS) is 28.6. The average molecular weight is 300 g/mol. The Kier molecular flexibility index (Phi) is 2.88. The van der Waals surface area contributed by atoms with Crippen molar-refractivity contribution in [3.05, 3.63) is 12.5 Å². The summed E-state index contributed by atoms with van der Waals surface area (Å²) in [4.78, 5) is 19.8. The first-order valence-corrected chi connectivity index (χ1v) is 7.28. The first-order valence-electron chi connectivity index (χ1n) is 5.84. The summed E-state index contributed by atoms with van der Waals surface area (Å²) in [7, 11) is -2.07. The van der Waals surface area contributed by atoms with E-state index in [0.717, 1.165) is 0 Å². The topological polar surface area (TPSA) is 120 Å². The molecule has 108 valence electrons. The maximum absolute atomic E-state index is 12.4. The van der Waals surface area contributed by atoms with Crippen LogP contribution in [0.1, 0.15) is 0 Å². The summed E-state index contributed by atoms with van der Waals surface area (Å²) in [5, 5.41) is 12.4. The third-order valence-electron chi connectivity index (χ3n) is 3.37. The van der Waals surface area contributed by atoms with Gasteiger partial charge in [0.25, 0.3) is 5.03 Å². The van der Waals surface area contributed by atoms with Crippen LogP contribution in [0, 0.1) is 5.92 Å². The highest BCUT2D eigenvalue weighted by Crippen LogP contribution is 2.32. The van der Waals surface area contributed by atoms with E-state index >= 15 is 0 Å². The van der Waals surface area contributed by atoms with E-state index in [-0.39, 0.29) is 23.8 Å². The van der Waals surface area contributed by atoms with Crippen molar-refractivity contribution >= 4 is 22.1 Å². The van der Waals surface area contributed by atoms with E-state index in [1.54, 1.807) is 7.05 Å². The zero-order valence-corrected chi connectivity index (χ0v) is 11.3. The summed E-state index contributed by atoms with van der Waals surface area (Å²) in [6.45, 7) is 0.110. The highest BCUT2D eigenvalue weighted by atomic mass is 32.3. The van der Waals surface area contributed by atoms with Crippen LogP contribution in [0.15, 0.2) is 22.7 Å². The van der Waals surface area contributed by atoms with Gasteiger partial charge in [0.05, 0.1) is 31.5 Å². The second-order valence-corrected chi connectivity index (χ2v) is 6.62. The maximum Gasteiger partial charge on any atom is 0.354 e. The summed E-state index contributed by atoms with van der Waals surface area (Å²) >= 11 is 0. The number of nitrogens with zero attached hydrogens (tertiary/aromatic N) is 4. The number of aliphatic carboxylic acids is 1. The number of hydrogen-bond acceptors (Lipinski definition) is 6. The van der Waals surface area contributed by atoms with E-state index in [2.05, 4.69) is 10.1 Å². The fraction of sp³-hybridized carbons (Fsp3) is 0.500. The second-order valence-electron chi connectivity index (χ2n) is 4.73. The third kappa shape index (κ3) is 1.92. The molecule has 1 saturated heterocycles. The lowest BCUT2D eigenvalue weighted by molar-refractivity contribution is -0.129. The van der Waals surface area contributed by atoms with Crippen molar-refractivity contribution < 1.29 is 23.5 Å². The molecular weight excluding hydrogens is 288 g/mol. The van der Waals surface area contributed by atoms with E-state index in [0.29, 0.717) is 0 Å². The Morgan fingerprint density at radius 3 is 2.95 bits per heavy atom. The van der Waals surface area contributed by atoms with Gasteiger partial charge in [-0.2, -0.15) is 4.98 Å². The first kappa shape index (κ1) is 13.2.